The first-order valence-electron chi connectivity index (χ1n) is 7.71. The number of benzene rings is 1. The zero-order valence-corrected chi connectivity index (χ0v) is 14.3. The maximum atomic E-state index is 12.8. The van der Waals surface area contributed by atoms with E-state index in [1.807, 2.05) is 32.0 Å². The predicted molar refractivity (Wildman–Crippen MR) is 91.1 cm³/mol. The summed E-state index contributed by atoms with van der Waals surface area (Å²) < 4.78 is 27.2. The molecule has 1 fully saturated rings. The number of nitrogens with zero attached hydrogens (tertiary/aromatic N) is 3. The highest BCUT2D eigenvalue weighted by Crippen LogP contribution is 2.22. The van der Waals surface area contributed by atoms with E-state index < -0.39 is 10.0 Å². The molecule has 2 heterocycles. The van der Waals surface area contributed by atoms with Crippen molar-refractivity contribution in [3.63, 3.8) is 0 Å². The number of aryl methyl sites for hydroxylation is 2. The van der Waals surface area contributed by atoms with Crippen LogP contribution in [0.3, 0.4) is 0 Å². The normalized spacial score (nSPS) is 16.5. The number of aromatic nitrogens is 1. The van der Waals surface area contributed by atoms with E-state index in [2.05, 4.69) is 9.88 Å². The Hall–Kier alpha value is -1.92. The zero-order valence-electron chi connectivity index (χ0n) is 13.4. The molecular formula is C17H21N3O2S. The van der Waals surface area contributed by atoms with E-state index in [0.29, 0.717) is 31.1 Å². The lowest BCUT2D eigenvalue weighted by Crippen LogP contribution is -2.48. The molecule has 1 saturated heterocycles. The van der Waals surface area contributed by atoms with Gasteiger partial charge in [-0.2, -0.15) is 4.31 Å². The maximum Gasteiger partial charge on any atom is 0.243 e. The molecule has 0 amide bonds. The molecule has 0 atom stereocenters. The van der Waals surface area contributed by atoms with Crippen molar-refractivity contribution in [1.29, 1.82) is 0 Å². The van der Waals surface area contributed by atoms with Gasteiger partial charge < -0.3 is 4.90 Å². The van der Waals surface area contributed by atoms with Crippen molar-refractivity contribution in [2.45, 2.75) is 18.7 Å². The minimum Gasteiger partial charge on any atom is -0.369 e. The van der Waals surface area contributed by atoms with Gasteiger partial charge in [-0.25, -0.2) is 8.42 Å². The number of sulfonamides is 1. The average molecular weight is 331 g/mol. The summed E-state index contributed by atoms with van der Waals surface area (Å²) in [5.74, 6) is 0. The topological polar surface area (TPSA) is 53.5 Å². The molecule has 5 nitrogen and oxygen atoms in total. The molecule has 1 aromatic carbocycles. The van der Waals surface area contributed by atoms with Gasteiger partial charge in [0.25, 0.3) is 0 Å². The van der Waals surface area contributed by atoms with Crippen LogP contribution in [0.25, 0.3) is 0 Å². The van der Waals surface area contributed by atoms with E-state index in [1.54, 1.807) is 28.8 Å². The monoisotopic (exact) mass is 331 g/mol. The summed E-state index contributed by atoms with van der Waals surface area (Å²) in [6.45, 7) is 6.30. The molecule has 1 aliphatic rings. The summed E-state index contributed by atoms with van der Waals surface area (Å²) in [6.07, 6.45) is 3.51. The zero-order chi connectivity index (χ0) is 16.4. The Kier molecular flexibility index (Phi) is 4.37. The Morgan fingerprint density at radius 2 is 1.57 bits per heavy atom. The quantitative estimate of drug-likeness (QED) is 0.865. The van der Waals surface area contributed by atoms with Crippen LogP contribution in [0.15, 0.2) is 47.6 Å². The molecule has 0 unspecified atom stereocenters. The fourth-order valence-corrected chi connectivity index (χ4v) is 4.27. The van der Waals surface area contributed by atoms with Gasteiger partial charge in [-0.1, -0.05) is 6.07 Å². The van der Waals surface area contributed by atoms with Crippen molar-refractivity contribution in [2.75, 3.05) is 31.1 Å². The van der Waals surface area contributed by atoms with Crippen LogP contribution >= 0.6 is 0 Å². The highest BCUT2D eigenvalue weighted by Gasteiger charge is 2.28. The molecular weight excluding hydrogens is 310 g/mol. The standard InChI is InChI=1S/C17H21N3O2S/c1-14-3-4-17(13-15(14)2)23(21,22)20-11-9-19(10-12-20)16-5-7-18-8-6-16/h3-8,13H,9-12H2,1-2H3. The lowest BCUT2D eigenvalue weighted by atomic mass is 10.1. The second-order valence-electron chi connectivity index (χ2n) is 5.84. The van der Waals surface area contributed by atoms with Crippen LogP contribution in [0.2, 0.25) is 0 Å². The van der Waals surface area contributed by atoms with Crippen molar-refractivity contribution in [3.05, 3.63) is 53.9 Å². The van der Waals surface area contributed by atoms with Crippen LogP contribution in [0, 0.1) is 13.8 Å². The van der Waals surface area contributed by atoms with Gasteiger partial charge in [-0.15, -0.1) is 0 Å². The Morgan fingerprint density at radius 1 is 0.913 bits per heavy atom. The minimum atomic E-state index is -3.41. The molecule has 23 heavy (non-hydrogen) atoms. The summed E-state index contributed by atoms with van der Waals surface area (Å²) in [5, 5.41) is 0. The number of anilines is 1. The number of pyridine rings is 1. The van der Waals surface area contributed by atoms with Gasteiger partial charge in [-0.3, -0.25) is 4.98 Å². The van der Waals surface area contributed by atoms with Crippen molar-refractivity contribution in [3.8, 4) is 0 Å². The Balaban J connectivity index is 1.75. The van der Waals surface area contributed by atoms with E-state index in [-0.39, 0.29) is 0 Å². The van der Waals surface area contributed by atoms with Gasteiger partial charge in [-0.05, 0) is 49.2 Å². The van der Waals surface area contributed by atoms with Gasteiger partial charge >= 0.3 is 0 Å². The van der Waals surface area contributed by atoms with Gasteiger partial charge in [0.05, 0.1) is 4.90 Å². The number of hydrogen-bond donors (Lipinski definition) is 0. The SMILES string of the molecule is Cc1ccc(S(=O)(=O)N2CCN(c3ccncc3)CC2)cc1C. The second kappa shape index (κ2) is 6.29. The van der Waals surface area contributed by atoms with E-state index >= 15 is 0 Å². The molecule has 0 aliphatic carbocycles. The molecule has 1 aromatic heterocycles. The van der Waals surface area contributed by atoms with E-state index in [1.165, 1.54) is 0 Å². The van der Waals surface area contributed by atoms with Crippen LogP contribution in [0.5, 0.6) is 0 Å². The van der Waals surface area contributed by atoms with Crippen molar-refractivity contribution in [2.24, 2.45) is 0 Å². The van der Waals surface area contributed by atoms with Gasteiger partial charge in [0, 0.05) is 44.3 Å². The first-order chi connectivity index (χ1) is 11.0. The van der Waals surface area contributed by atoms with Gasteiger partial charge in [0.1, 0.15) is 0 Å². The molecule has 0 radical (unpaired) electrons. The van der Waals surface area contributed by atoms with Crippen LogP contribution < -0.4 is 4.90 Å². The van der Waals surface area contributed by atoms with E-state index in [4.69, 9.17) is 0 Å². The summed E-state index contributed by atoms with van der Waals surface area (Å²) in [4.78, 5) is 6.59. The molecule has 122 valence electrons. The Labute approximate surface area is 137 Å². The average Bonchev–Trinajstić information content (AvgIpc) is 2.58. The van der Waals surface area contributed by atoms with E-state index in [9.17, 15) is 8.42 Å². The van der Waals surface area contributed by atoms with Crippen LogP contribution in [-0.4, -0.2) is 43.9 Å². The molecule has 6 heteroatoms. The van der Waals surface area contributed by atoms with Crippen molar-refractivity contribution < 1.29 is 8.42 Å². The maximum absolute atomic E-state index is 12.8. The third-order valence-corrected chi connectivity index (χ3v) is 6.28. The van der Waals surface area contributed by atoms with Crippen LogP contribution in [0.4, 0.5) is 5.69 Å². The van der Waals surface area contributed by atoms with E-state index in [0.717, 1.165) is 16.8 Å². The first-order valence-corrected chi connectivity index (χ1v) is 9.15. The van der Waals surface area contributed by atoms with Crippen LogP contribution in [-0.2, 0) is 10.0 Å². The second-order valence-corrected chi connectivity index (χ2v) is 7.78. The molecule has 0 N–H and O–H groups in total. The number of rotatable bonds is 3. The third-order valence-electron chi connectivity index (χ3n) is 4.38. The fraction of sp³-hybridized carbons (Fsp3) is 0.353. The predicted octanol–water partition coefficient (Wildman–Crippen LogP) is 2.21. The minimum absolute atomic E-state index is 0.387. The molecule has 3 rings (SSSR count). The molecule has 1 aliphatic heterocycles. The van der Waals surface area contributed by atoms with Gasteiger partial charge in [0.2, 0.25) is 10.0 Å². The van der Waals surface area contributed by atoms with Gasteiger partial charge in [0.15, 0.2) is 0 Å². The summed E-state index contributed by atoms with van der Waals surface area (Å²) in [7, 11) is -3.41. The number of piperazine rings is 1. The summed E-state index contributed by atoms with van der Waals surface area (Å²) in [5.41, 5.74) is 3.19. The van der Waals surface area contributed by atoms with Crippen molar-refractivity contribution >= 4 is 15.7 Å². The Bertz CT molecular complexity index is 783. The first kappa shape index (κ1) is 16.0. The molecule has 0 spiro atoms. The molecule has 0 bridgehead atoms. The molecule has 0 saturated carbocycles. The highest BCUT2D eigenvalue weighted by molar-refractivity contribution is 7.89. The molecule has 2 aromatic rings. The smallest absolute Gasteiger partial charge is 0.243 e. The third kappa shape index (κ3) is 3.23. The summed E-state index contributed by atoms with van der Waals surface area (Å²) >= 11 is 0. The lowest BCUT2D eigenvalue weighted by Gasteiger charge is -2.35. The fourth-order valence-electron chi connectivity index (χ4n) is 2.76. The Morgan fingerprint density at radius 3 is 2.17 bits per heavy atom. The lowest BCUT2D eigenvalue weighted by molar-refractivity contribution is 0.385. The van der Waals surface area contributed by atoms with Crippen molar-refractivity contribution in [1.82, 2.24) is 9.29 Å². The largest absolute Gasteiger partial charge is 0.369 e. The summed E-state index contributed by atoms with van der Waals surface area (Å²) in [6, 6.07) is 9.24. The number of hydrogen-bond acceptors (Lipinski definition) is 4. The highest BCUT2D eigenvalue weighted by atomic mass is 32.2. The van der Waals surface area contributed by atoms with Crippen LogP contribution in [0.1, 0.15) is 11.1 Å².